The van der Waals surface area contributed by atoms with Gasteiger partial charge >= 0.3 is 0 Å². The van der Waals surface area contributed by atoms with Gasteiger partial charge in [-0.05, 0) is 41.7 Å². The Morgan fingerprint density at radius 2 is 2.00 bits per heavy atom. The van der Waals surface area contributed by atoms with Gasteiger partial charge in [-0.2, -0.15) is 0 Å². The van der Waals surface area contributed by atoms with E-state index in [9.17, 15) is 4.79 Å². The number of benzene rings is 1. The van der Waals surface area contributed by atoms with E-state index in [1.807, 2.05) is 0 Å². The number of hydrogen-bond donors (Lipinski definition) is 2. The van der Waals surface area contributed by atoms with Crippen LogP contribution in [0.2, 0.25) is 0 Å². The molecule has 1 heterocycles. The third-order valence-corrected chi connectivity index (χ3v) is 5.13. The summed E-state index contributed by atoms with van der Waals surface area (Å²) in [6, 6.07) is 8.30. The van der Waals surface area contributed by atoms with Gasteiger partial charge in [0.15, 0.2) is 0 Å². The fourth-order valence-electron chi connectivity index (χ4n) is 3.14. The minimum atomic E-state index is -0.0761. The van der Waals surface area contributed by atoms with Gasteiger partial charge < -0.3 is 10.6 Å². The van der Waals surface area contributed by atoms with E-state index in [0.717, 1.165) is 19.5 Å². The Kier molecular flexibility index (Phi) is 4.95. The fourth-order valence-corrected chi connectivity index (χ4v) is 3.14. The summed E-state index contributed by atoms with van der Waals surface area (Å²) in [5.74, 6) is 0.814. The summed E-state index contributed by atoms with van der Waals surface area (Å²) in [4.78, 5) is 12.3. The van der Waals surface area contributed by atoms with E-state index in [1.54, 1.807) is 0 Å². The molecule has 1 amide bonds. The van der Waals surface area contributed by atoms with Gasteiger partial charge in [-0.15, -0.1) is 12.4 Å². The van der Waals surface area contributed by atoms with Crippen LogP contribution in [-0.2, 0) is 17.8 Å². The van der Waals surface area contributed by atoms with Crippen LogP contribution >= 0.6 is 12.4 Å². The normalized spacial score (nSPS) is 22.1. The Morgan fingerprint density at radius 3 is 2.62 bits per heavy atom. The van der Waals surface area contributed by atoms with E-state index in [-0.39, 0.29) is 24.4 Å². The van der Waals surface area contributed by atoms with E-state index in [4.69, 9.17) is 0 Å². The van der Waals surface area contributed by atoms with Crippen LogP contribution in [0.15, 0.2) is 24.3 Å². The molecule has 2 aliphatic rings. The van der Waals surface area contributed by atoms with Gasteiger partial charge in [0.25, 0.3) is 0 Å². The number of rotatable bonds is 4. The lowest BCUT2D eigenvalue weighted by Gasteiger charge is -2.27. The molecule has 1 fully saturated rings. The molecule has 0 bridgehead atoms. The van der Waals surface area contributed by atoms with Crippen LogP contribution in [0, 0.1) is 11.3 Å². The molecule has 1 unspecified atom stereocenters. The van der Waals surface area contributed by atoms with Gasteiger partial charge in [0.05, 0.1) is 6.04 Å². The lowest BCUT2D eigenvalue weighted by molar-refractivity contribution is -0.123. The molecule has 0 spiro atoms. The van der Waals surface area contributed by atoms with Crippen LogP contribution < -0.4 is 10.6 Å². The second-order valence-electron chi connectivity index (χ2n) is 6.64. The van der Waals surface area contributed by atoms with E-state index in [0.29, 0.717) is 11.3 Å². The molecule has 0 aromatic heterocycles. The Bertz CT molecular complexity index is 511. The molecule has 1 saturated carbocycles. The lowest BCUT2D eigenvalue weighted by atomic mass is 9.92. The highest BCUT2D eigenvalue weighted by atomic mass is 35.5. The van der Waals surface area contributed by atoms with Crippen LogP contribution in [-0.4, -0.2) is 18.5 Å². The molecule has 116 valence electrons. The summed E-state index contributed by atoms with van der Waals surface area (Å²) >= 11 is 0. The quantitative estimate of drug-likeness (QED) is 0.898. The van der Waals surface area contributed by atoms with Crippen molar-refractivity contribution in [3.8, 4) is 0 Å². The van der Waals surface area contributed by atoms with Gasteiger partial charge in [0.2, 0.25) is 5.91 Å². The van der Waals surface area contributed by atoms with Crippen molar-refractivity contribution in [2.45, 2.75) is 45.7 Å². The number of carbonyl (C=O) groups is 1. The Labute approximate surface area is 133 Å². The molecule has 1 aliphatic heterocycles. The first-order chi connectivity index (χ1) is 9.61. The van der Waals surface area contributed by atoms with E-state index in [1.165, 1.54) is 24.0 Å². The van der Waals surface area contributed by atoms with Crippen LogP contribution in [0.1, 0.15) is 37.8 Å². The topological polar surface area (TPSA) is 41.1 Å². The Hall–Kier alpha value is -1.06. The molecule has 4 heteroatoms. The maximum absolute atomic E-state index is 12.3. The monoisotopic (exact) mass is 308 g/mol. The van der Waals surface area contributed by atoms with E-state index < -0.39 is 0 Å². The van der Waals surface area contributed by atoms with Gasteiger partial charge in [-0.25, -0.2) is 0 Å². The smallest absolute Gasteiger partial charge is 0.237 e. The average molecular weight is 309 g/mol. The summed E-state index contributed by atoms with van der Waals surface area (Å²) in [5.41, 5.74) is 3.00. The predicted octanol–water partition coefficient (Wildman–Crippen LogP) is 2.68. The van der Waals surface area contributed by atoms with E-state index in [2.05, 4.69) is 48.7 Å². The molecular weight excluding hydrogens is 284 g/mol. The third-order valence-electron chi connectivity index (χ3n) is 5.13. The van der Waals surface area contributed by atoms with Crippen molar-refractivity contribution >= 4 is 18.3 Å². The molecule has 0 saturated heterocycles. The van der Waals surface area contributed by atoms with Gasteiger partial charge in [0.1, 0.15) is 0 Å². The molecule has 0 radical (unpaired) electrons. The largest absolute Gasteiger partial charge is 0.354 e. The van der Waals surface area contributed by atoms with Crippen molar-refractivity contribution in [3.05, 3.63) is 35.4 Å². The number of halogens is 1. The summed E-state index contributed by atoms with van der Waals surface area (Å²) in [6.07, 6.45) is 3.31. The first kappa shape index (κ1) is 16.3. The number of fused-ring (bicyclic) bond motifs is 1. The highest BCUT2D eigenvalue weighted by Gasteiger charge is 2.45. The number of hydrogen-bond acceptors (Lipinski definition) is 2. The van der Waals surface area contributed by atoms with Crippen molar-refractivity contribution in [3.63, 3.8) is 0 Å². The molecule has 3 rings (SSSR count). The first-order valence-corrected chi connectivity index (χ1v) is 7.69. The third kappa shape index (κ3) is 3.41. The zero-order valence-corrected chi connectivity index (χ0v) is 13.6. The standard InChI is InChI=1S/C17H24N2O.ClH/c1-12(2)17(7-8-17)11-19-16(20)15-9-13-5-3-4-6-14(13)10-18-15;/h3-6,12,15,18H,7-11H2,1-2H3,(H,19,20);1H. The number of amides is 1. The summed E-state index contributed by atoms with van der Waals surface area (Å²) < 4.78 is 0. The minimum absolute atomic E-state index is 0. The van der Waals surface area contributed by atoms with Gasteiger partial charge in [-0.3, -0.25) is 4.79 Å². The minimum Gasteiger partial charge on any atom is -0.354 e. The Morgan fingerprint density at radius 1 is 1.33 bits per heavy atom. The molecule has 2 N–H and O–H groups in total. The van der Waals surface area contributed by atoms with Gasteiger partial charge in [-0.1, -0.05) is 38.1 Å². The van der Waals surface area contributed by atoms with Crippen LogP contribution in [0.3, 0.4) is 0 Å². The SMILES string of the molecule is CC(C)C1(CNC(=O)C2Cc3ccccc3CN2)CC1.Cl. The van der Waals surface area contributed by atoms with Crippen molar-refractivity contribution in [1.29, 1.82) is 0 Å². The molecule has 21 heavy (non-hydrogen) atoms. The molecule has 1 aliphatic carbocycles. The average Bonchev–Trinajstić information content (AvgIpc) is 3.25. The number of carbonyl (C=O) groups excluding carboxylic acids is 1. The molecule has 1 aromatic rings. The second-order valence-corrected chi connectivity index (χ2v) is 6.64. The summed E-state index contributed by atoms with van der Waals surface area (Å²) in [6.45, 7) is 6.15. The Balaban J connectivity index is 0.00000161. The molecule has 3 nitrogen and oxygen atoms in total. The highest BCUT2D eigenvalue weighted by molar-refractivity contribution is 5.85. The van der Waals surface area contributed by atoms with Crippen molar-refractivity contribution in [2.24, 2.45) is 11.3 Å². The maximum atomic E-state index is 12.3. The second kappa shape index (κ2) is 6.37. The lowest BCUT2D eigenvalue weighted by Crippen LogP contribution is -2.49. The highest BCUT2D eigenvalue weighted by Crippen LogP contribution is 2.51. The van der Waals surface area contributed by atoms with Crippen molar-refractivity contribution in [1.82, 2.24) is 10.6 Å². The molecular formula is C17H25ClN2O. The zero-order valence-electron chi connectivity index (χ0n) is 12.8. The van der Waals surface area contributed by atoms with Crippen molar-refractivity contribution in [2.75, 3.05) is 6.54 Å². The van der Waals surface area contributed by atoms with Gasteiger partial charge in [0, 0.05) is 13.1 Å². The predicted molar refractivity (Wildman–Crippen MR) is 87.5 cm³/mol. The van der Waals surface area contributed by atoms with Crippen molar-refractivity contribution < 1.29 is 4.79 Å². The summed E-state index contributed by atoms with van der Waals surface area (Å²) in [7, 11) is 0. The fraction of sp³-hybridized carbons (Fsp3) is 0.588. The van der Waals surface area contributed by atoms with E-state index >= 15 is 0 Å². The number of nitrogens with one attached hydrogen (secondary N) is 2. The van der Waals surface area contributed by atoms with Crippen LogP contribution in [0.25, 0.3) is 0 Å². The first-order valence-electron chi connectivity index (χ1n) is 7.69. The maximum Gasteiger partial charge on any atom is 0.237 e. The summed E-state index contributed by atoms with van der Waals surface area (Å²) in [5, 5.41) is 6.51. The van der Waals surface area contributed by atoms with Crippen LogP contribution in [0.4, 0.5) is 0 Å². The zero-order chi connectivity index (χ0) is 14.2. The molecule has 1 atom stereocenters. The van der Waals surface area contributed by atoms with Crippen LogP contribution in [0.5, 0.6) is 0 Å². The molecule has 1 aromatic carbocycles.